The largest absolute Gasteiger partial charge is 0.543 e. The molecule has 1 aromatic heterocycles. The molecule has 4 heterocycles. The number of β-lactam (4-membered cyclic amide) rings is 1. The smallest absolute Gasteiger partial charge is 0.235 e. The number of amides is 1. The van der Waals surface area contributed by atoms with Crippen molar-refractivity contribution in [3.8, 4) is 0 Å². The zero-order chi connectivity index (χ0) is 23.1. The van der Waals surface area contributed by atoms with Gasteiger partial charge in [-0.15, -0.1) is 0 Å². The zero-order valence-electron chi connectivity index (χ0n) is 18.8. The molecule has 33 heavy (non-hydrogen) atoms. The number of aliphatic hydroxyl groups excluding tert-OH is 1. The van der Waals surface area contributed by atoms with E-state index in [1.165, 1.54) is 29.8 Å². The van der Waals surface area contributed by atoms with Gasteiger partial charge in [-0.25, -0.2) is 4.57 Å². The van der Waals surface area contributed by atoms with E-state index in [0.29, 0.717) is 18.5 Å². The fraction of sp³-hybridized carbons (Fsp3) is 0.423. The van der Waals surface area contributed by atoms with Crippen LogP contribution in [0.1, 0.15) is 43.7 Å². The van der Waals surface area contributed by atoms with Gasteiger partial charge in [0.2, 0.25) is 5.91 Å². The van der Waals surface area contributed by atoms with Gasteiger partial charge in [-0.2, -0.15) is 0 Å². The molecular weight excluding hydrogens is 418 g/mol. The summed E-state index contributed by atoms with van der Waals surface area (Å²) in [6.45, 7) is 4.53. The lowest BCUT2D eigenvalue weighted by Crippen LogP contribution is -2.62. The maximum atomic E-state index is 12.4. The monoisotopic (exact) mass is 447 g/mol. The summed E-state index contributed by atoms with van der Waals surface area (Å²) in [5.41, 5.74) is 3.68. The number of pyridine rings is 1. The molecule has 5 rings (SSSR count). The molecule has 0 saturated carbocycles. The highest BCUT2D eigenvalue weighted by Gasteiger charge is 2.55. The molecule has 0 aliphatic carbocycles. The molecule has 2 aromatic rings. The quantitative estimate of drug-likeness (QED) is 0.529. The first-order valence-corrected chi connectivity index (χ1v) is 11.7. The van der Waals surface area contributed by atoms with Gasteiger partial charge in [0, 0.05) is 36.5 Å². The Morgan fingerprint density at radius 2 is 1.79 bits per heavy atom. The Morgan fingerprint density at radius 1 is 1.12 bits per heavy atom. The number of hydrogen-bond donors (Lipinski definition) is 1. The lowest BCUT2D eigenvalue weighted by atomic mass is 9.82. The van der Waals surface area contributed by atoms with E-state index in [1.807, 2.05) is 24.3 Å². The van der Waals surface area contributed by atoms with E-state index in [1.54, 1.807) is 6.92 Å². The molecule has 7 heteroatoms. The molecule has 3 aliphatic heterocycles. The molecular formula is C26H29N3O4. The van der Waals surface area contributed by atoms with E-state index < -0.39 is 18.0 Å². The topological polar surface area (TPSA) is 87.8 Å². The number of rotatable bonds is 6. The van der Waals surface area contributed by atoms with E-state index >= 15 is 0 Å². The summed E-state index contributed by atoms with van der Waals surface area (Å²) < 4.78 is 2.13. The Morgan fingerprint density at radius 3 is 2.39 bits per heavy atom. The molecule has 2 saturated heterocycles. The standard InChI is InChI=1S/C26H29N3O4/c1-17(30)23-22-15-21(24(26(32)33)29(22)25(23)31)19-7-5-18(6-8-19)16-27-13-9-20(10-14-27)28-11-3-2-4-12-28/h5-10,13-14,17,22-23,30H,2-4,11-12,15-16H2,1H3/t17-,22-,23-/m1/s1. The number of aliphatic hydroxyl groups is 1. The molecule has 2 fully saturated rings. The molecule has 7 nitrogen and oxygen atoms in total. The predicted octanol–water partition coefficient (Wildman–Crippen LogP) is 1.09. The highest BCUT2D eigenvalue weighted by Crippen LogP contribution is 2.46. The summed E-state index contributed by atoms with van der Waals surface area (Å²) in [7, 11) is 0. The molecule has 1 N–H and O–H groups in total. The zero-order valence-corrected chi connectivity index (χ0v) is 18.8. The second kappa shape index (κ2) is 8.63. The summed E-state index contributed by atoms with van der Waals surface area (Å²) in [5, 5.41) is 21.7. The van der Waals surface area contributed by atoms with Crippen molar-refractivity contribution in [3.63, 3.8) is 0 Å². The first-order chi connectivity index (χ1) is 15.9. The average Bonchev–Trinajstić information content (AvgIpc) is 3.16. The van der Waals surface area contributed by atoms with Crippen molar-refractivity contribution in [2.24, 2.45) is 5.92 Å². The third-order valence-electron chi connectivity index (χ3n) is 7.18. The molecule has 3 atom stereocenters. The second-order valence-electron chi connectivity index (χ2n) is 9.33. The summed E-state index contributed by atoms with van der Waals surface area (Å²) in [6.07, 6.45) is 7.62. The number of fused-ring (bicyclic) bond motifs is 1. The van der Waals surface area contributed by atoms with Crippen molar-refractivity contribution in [1.82, 2.24) is 4.90 Å². The molecule has 1 aromatic carbocycles. The minimum Gasteiger partial charge on any atom is -0.543 e. The van der Waals surface area contributed by atoms with Crippen LogP contribution in [0.4, 0.5) is 5.69 Å². The van der Waals surface area contributed by atoms with Crippen LogP contribution in [0.2, 0.25) is 0 Å². The Labute approximate surface area is 193 Å². The lowest BCUT2D eigenvalue weighted by Gasteiger charge is -2.45. The first kappa shape index (κ1) is 21.6. The number of anilines is 1. The summed E-state index contributed by atoms with van der Waals surface area (Å²) in [6, 6.07) is 11.8. The van der Waals surface area contributed by atoms with Gasteiger partial charge >= 0.3 is 0 Å². The van der Waals surface area contributed by atoms with Gasteiger partial charge in [0.25, 0.3) is 0 Å². The van der Waals surface area contributed by atoms with Gasteiger partial charge in [-0.3, -0.25) is 4.79 Å². The predicted molar refractivity (Wildman–Crippen MR) is 121 cm³/mol. The van der Waals surface area contributed by atoms with Crippen LogP contribution in [-0.4, -0.2) is 47.1 Å². The Bertz CT molecular complexity index is 1090. The van der Waals surface area contributed by atoms with Gasteiger partial charge in [0.1, 0.15) is 0 Å². The van der Waals surface area contributed by atoms with E-state index in [9.17, 15) is 19.8 Å². The fourth-order valence-corrected chi connectivity index (χ4v) is 5.46. The number of carboxylic acids is 1. The number of carbonyl (C=O) groups excluding carboxylic acids is 2. The number of nitrogens with zero attached hydrogens (tertiary/aromatic N) is 3. The highest BCUT2D eigenvalue weighted by molar-refractivity contribution is 6.05. The van der Waals surface area contributed by atoms with Crippen LogP contribution in [0.5, 0.6) is 0 Å². The van der Waals surface area contributed by atoms with Crippen molar-refractivity contribution < 1.29 is 24.4 Å². The van der Waals surface area contributed by atoms with Gasteiger partial charge < -0.3 is 24.8 Å². The van der Waals surface area contributed by atoms with Gasteiger partial charge in [-0.1, -0.05) is 24.3 Å². The number of benzene rings is 1. The normalized spacial score (nSPS) is 23.4. The van der Waals surface area contributed by atoms with Crippen molar-refractivity contribution in [1.29, 1.82) is 0 Å². The van der Waals surface area contributed by atoms with Crippen LogP contribution < -0.4 is 14.6 Å². The summed E-state index contributed by atoms with van der Waals surface area (Å²) in [5.74, 6) is -2.25. The van der Waals surface area contributed by atoms with Gasteiger partial charge in [-0.05, 0) is 43.7 Å². The van der Waals surface area contributed by atoms with E-state index in [0.717, 1.165) is 24.2 Å². The third-order valence-corrected chi connectivity index (χ3v) is 7.18. The number of carbonyl (C=O) groups is 2. The van der Waals surface area contributed by atoms with Crippen molar-refractivity contribution >= 4 is 23.1 Å². The summed E-state index contributed by atoms with van der Waals surface area (Å²) in [4.78, 5) is 27.9. The van der Waals surface area contributed by atoms with Gasteiger partial charge in [0.15, 0.2) is 18.9 Å². The maximum absolute atomic E-state index is 12.4. The average molecular weight is 448 g/mol. The molecule has 172 valence electrons. The Hall–Kier alpha value is -3.19. The number of piperidine rings is 1. The summed E-state index contributed by atoms with van der Waals surface area (Å²) >= 11 is 0. The number of aliphatic carboxylic acids is 1. The lowest BCUT2D eigenvalue weighted by molar-refractivity contribution is -0.688. The number of hydrogen-bond acceptors (Lipinski definition) is 5. The van der Waals surface area contributed by atoms with Crippen LogP contribution in [0.25, 0.3) is 5.57 Å². The SMILES string of the molecule is C[C@@H](O)[C@H]1C(=O)N2C(C(=O)[O-])=C(c3ccc(C[n+]4ccc(N5CCCCC5)cc4)cc3)C[C@H]12. The highest BCUT2D eigenvalue weighted by atomic mass is 16.4. The van der Waals surface area contributed by atoms with Gasteiger partial charge in [0.05, 0.1) is 29.7 Å². The van der Waals surface area contributed by atoms with E-state index in [2.05, 4.69) is 34.0 Å². The van der Waals surface area contributed by atoms with Crippen molar-refractivity contribution in [3.05, 3.63) is 65.6 Å². The molecule has 0 radical (unpaired) electrons. The second-order valence-corrected chi connectivity index (χ2v) is 9.33. The minimum absolute atomic E-state index is 0.0580. The molecule has 1 amide bonds. The maximum Gasteiger partial charge on any atom is 0.235 e. The van der Waals surface area contributed by atoms with Crippen molar-refractivity contribution in [2.45, 2.75) is 51.3 Å². The molecule has 0 bridgehead atoms. The van der Waals surface area contributed by atoms with Crippen LogP contribution in [0.3, 0.4) is 0 Å². The molecule has 0 unspecified atom stereocenters. The minimum atomic E-state index is -1.35. The van der Waals surface area contributed by atoms with Crippen LogP contribution >= 0.6 is 0 Å². The van der Waals surface area contributed by atoms with Crippen molar-refractivity contribution in [2.75, 3.05) is 18.0 Å². The van der Waals surface area contributed by atoms with Crippen LogP contribution in [0, 0.1) is 5.92 Å². The molecule has 0 spiro atoms. The van der Waals surface area contributed by atoms with E-state index in [4.69, 9.17) is 0 Å². The fourth-order valence-electron chi connectivity index (χ4n) is 5.46. The first-order valence-electron chi connectivity index (χ1n) is 11.7. The number of carboxylic acid groups (broad SMARTS) is 1. The molecule has 3 aliphatic rings. The Balaban J connectivity index is 1.31. The van der Waals surface area contributed by atoms with Crippen LogP contribution in [0.15, 0.2) is 54.5 Å². The number of aromatic nitrogens is 1. The van der Waals surface area contributed by atoms with Crippen LogP contribution in [-0.2, 0) is 16.1 Å². The Kier molecular flexibility index (Phi) is 5.66. The third kappa shape index (κ3) is 3.91. The van der Waals surface area contributed by atoms with E-state index in [-0.39, 0.29) is 17.6 Å².